The zero-order valence-corrected chi connectivity index (χ0v) is 15.5. The summed E-state index contributed by atoms with van der Waals surface area (Å²) in [5.74, 6) is -0.160. The van der Waals surface area contributed by atoms with Gasteiger partial charge in [-0.15, -0.1) is 0 Å². The number of ether oxygens (including phenoxy) is 3. The molecule has 0 heterocycles. The van der Waals surface area contributed by atoms with Crippen molar-refractivity contribution in [2.24, 2.45) is 0 Å². The predicted octanol–water partition coefficient (Wildman–Crippen LogP) is 2.87. The van der Waals surface area contributed by atoms with Crippen LogP contribution in [0.2, 0.25) is 0 Å². The van der Waals surface area contributed by atoms with Gasteiger partial charge in [-0.2, -0.15) is 0 Å². The SMILES string of the molecule is CC(C)OCCN(CCOC(C)C)CCC(=O)OC(C)(C)C. The molecule has 0 saturated carbocycles. The highest BCUT2D eigenvalue weighted by molar-refractivity contribution is 5.70. The first-order chi connectivity index (χ1) is 10.1. The van der Waals surface area contributed by atoms with Gasteiger partial charge in [0.25, 0.3) is 0 Å². The Morgan fingerprint density at radius 1 is 0.909 bits per heavy atom. The van der Waals surface area contributed by atoms with E-state index in [0.717, 1.165) is 13.1 Å². The second-order valence-electron chi connectivity index (χ2n) is 7.02. The number of nitrogens with zero attached hydrogens (tertiary/aromatic N) is 1. The molecule has 0 amide bonds. The fraction of sp³-hybridized carbons (Fsp3) is 0.941. The van der Waals surface area contributed by atoms with Crippen molar-refractivity contribution in [1.82, 2.24) is 4.90 Å². The molecule has 0 saturated heterocycles. The maximum absolute atomic E-state index is 11.8. The first-order valence-electron chi connectivity index (χ1n) is 8.27. The monoisotopic (exact) mass is 317 g/mol. The van der Waals surface area contributed by atoms with E-state index >= 15 is 0 Å². The molecule has 132 valence electrons. The van der Waals surface area contributed by atoms with Gasteiger partial charge in [0.1, 0.15) is 5.60 Å². The Labute approximate surface area is 136 Å². The molecule has 0 rings (SSSR count). The van der Waals surface area contributed by atoms with Crippen LogP contribution in [0.3, 0.4) is 0 Å². The molecule has 0 fully saturated rings. The normalized spacial score (nSPS) is 12.5. The van der Waals surface area contributed by atoms with Gasteiger partial charge < -0.3 is 14.2 Å². The van der Waals surface area contributed by atoms with Gasteiger partial charge in [-0.05, 0) is 48.5 Å². The molecule has 0 spiro atoms. The average Bonchev–Trinajstić information content (AvgIpc) is 2.32. The first kappa shape index (κ1) is 21.4. The van der Waals surface area contributed by atoms with Gasteiger partial charge in [0.15, 0.2) is 0 Å². The standard InChI is InChI=1S/C17H35NO4/c1-14(2)20-12-10-18(11-13-21-15(3)4)9-8-16(19)22-17(5,6)7/h14-15H,8-13H2,1-7H3. The molecule has 0 aromatic carbocycles. The smallest absolute Gasteiger partial charge is 0.307 e. The number of hydrogen-bond acceptors (Lipinski definition) is 5. The molecule has 0 aliphatic heterocycles. The van der Waals surface area contributed by atoms with E-state index in [1.807, 2.05) is 48.5 Å². The van der Waals surface area contributed by atoms with Crippen LogP contribution in [0.5, 0.6) is 0 Å². The Morgan fingerprint density at radius 2 is 1.36 bits per heavy atom. The van der Waals surface area contributed by atoms with Crippen molar-refractivity contribution in [1.29, 1.82) is 0 Å². The zero-order valence-electron chi connectivity index (χ0n) is 15.5. The van der Waals surface area contributed by atoms with Crippen molar-refractivity contribution in [3.05, 3.63) is 0 Å². The number of carbonyl (C=O) groups is 1. The fourth-order valence-electron chi connectivity index (χ4n) is 1.81. The van der Waals surface area contributed by atoms with E-state index in [2.05, 4.69) is 4.90 Å². The van der Waals surface area contributed by atoms with Gasteiger partial charge in [-0.25, -0.2) is 0 Å². The number of hydrogen-bond donors (Lipinski definition) is 0. The predicted molar refractivity (Wildman–Crippen MR) is 89.1 cm³/mol. The average molecular weight is 317 g/mol. The molecule has 0 bridgehead atoms. The lowest BCUT2D eigenvalue weighted by molar-refractivity contribution is -0.155. The van der Waals surface area contributed by atoms with Crippen molar-refractivity contribution in [3.8, 4) is 0 Å². The van der Waals surface area contributed by atoms with Crippen LogP contribution in [0.1, 0.15) is 54.9 Å². The van der Waals surface area contributed by atoms with E-state index in [4.69, 9.17) is 14.2 Å². The summed E-state index contributed by atoms with van der Waals surface area (Å²) in [6, 6.07) is 0. The largest absolute Gasteiger partial charge is 0.460 e. The molecule has 0 radical (unpaired) electrons. The van der Waals surface area contributed by atoms with Crippen LogP contribution < -0.4 is 0 Å². The van der Waals surface area contributed by atoms with Crippen LogP contribution in [0, 0.1) is 0 Å². The highest BCUT2D eigenvalue weighted by Crippen LogP contribution is 2.08. The van der Waals surface area contributed by atoms with Crippen molar-refractivity contribution in [2.45, 2.75) is 72.7 Å². The highest BCUT2D eigenvalue weighted by Gasteiger charge is 2.17. The summed E-state index contributed by atoms with van der Waals surface area (Å²) < 4.78 is 16.5. The molecule has 22 heavy (non-hydrogen) atoms. The molecule has 0 N–H and O–H groups in total. The molecular weight excluding hydrogens is 282 g/mol. The van der Waals surface area contributed by atoms with Crippen LogP contribution in [-0.4, -0.2) is 61.5 Å². The molecule has 0 aliphatic carbocycles. The third kappa shape index (κ3) is 14.3. The second-order valence-corrected chi connectivity index (χ2v) is 7.02. The van der Waals surface area contributed by atoms with E-state index < -0.39 is 5.60 Å². The minimum Gasteiger partial charge on any atom is -0.460 e. The third-order valence-electron chi connectivity index (χ3n) is 2.77. The minimum absolute atomic E-state index is 0.160. The highest BCUT2D eigenvalue weighted by atomic mass is 16.6. The summed E-state index contributed by atoms with van der Waals surface area (Å²) >= 11 is 0. The van der Waals surface area contributed by atoms with Crippen molar-refractivity contribution in [2.75, 3.05) is 32.8 Å². The number of carbonyl (C=O) groups excluding carboxylic acids is 1. The Balaban J connectivity index is 4.17. The Morgan fingerprint density at radius 3 is 1.73 bits per heavy atom. The quantitative estimate of drug-likeness (QED) is 0.548. The van der Waals surface area contributed by atoms with Gasteiger partial charge in [-0.1, -0.05) is 0 Å². The van der Waals surface area contributed by atoms with E-state index in [0.29, 0.717) is 26.2 Å². The van der Waals surface area contributed by atoms with Gasteiger partial charge in [0, 0.05) is 19.6 Å². The van der Waals surface area contributed by atoms with Gasteiger partial charge in [0.2, 0.25) is 0 Å². The van der Waals surface area contributed by atoms with Gasteiger partial charge >= 0.3 is 5.97 Å². The second kappa shape index (κ2) is 11.0. The lowest BCUT2D eigenvalue weighted by Gasteiger charge is -2.24. The molecular formula is C17H35NO4. The van der Waals surface area contributed by atoms with Crippen molar-refractivity contribution in [3.63, 3.8) is 0 Å². The summed E-state index contributed by atoms with van der Waals surface area (Å²) in [5, 5.41) is 0. The first-order valence-corrected chi connectivity index (χ1v) is 8.27. The van der Waals surface area contributed by atoms with E-state index in [1.54, 1.807) is 0 Å². The Hall–Kier alpha value is -0.650. The van der Waals surface area contributed by atoms with E-state index in [-0.39, 0.29) is 18.2 Å². The minimum atomic E-state index is -0.427. The van der Waals surface area contributed by atoms with E-state index in [1.165, 1.54) is 0 Å². The fourth-order valence-corrected chi connectivity index (χ4v) is 1.81. The Bertz CT molecular complexity index is 284. The number of rotatable bonds is 11. The third-order valence-corrected chi connectivity index (χ3v) is 2.77. The molecule has 5 nitrogen and oxygen atoms in total. The summed E-state index contributed by atoms with van der Waals surface area (Å²) in [5.41, 5.74) is -0.427. The maximum Gasteiger partial charge on any atom is 0.307 e. The summed E-state index contributed by atoms with van der Waals surface area (Å²) in [6.45, 7) is 17.3. The lowest BCUT2D eigenvalue weighted by atomic mass is 10.2. The summed E-state index contributed by atoms with van der Waals surface area (Å²) in [6.07, 6.45) is 0.833. The number of esters is 1. The van der Waals surface area contributed by atoms with Crippen LogP contribution >= 0.6 is 0 Å². The van der Waals surface area contributed by atoms with Gasteiger partial charge in [-0.3, -0.25) is 9.69 Å². The molecule has 0 aromatic heterocycles. The zero-order chi connectivity index (χ0) is 17.2. The Kier molecular flexibility index (Phi) is 10.6. The molecule has 0 aromatic rings. The van der Waals surface area contributed by atoms with Gasteiger partial charge in [0.05, 0.1) is 31.8 Å². The molecule has 0 atom stereocenters. The summed E-state index contributed by atoms with van der Waals surface area (Å²) in [4.78, 5) is 14.0. The maximum atomic E-state index is 11.8. The van der Waals surface area contributed by atoms with Crippen LogP contribution in [0.25, 0.3) is 0 Å². The molecule has 0 unspecified atom stereocenters. The summed E-state index contributed by atoms with van der Waals surface area (Å²) in [7, 11) is 0. The van der Waals surface area contributed by atoms with Crippen molar-refractivity contribution >= 4 is 5.97 Å². The van der Waals surface area contributed by atoms with Crippen LogP contribution in [0.4, 0.5) is 0 Å². The van der Waals surface area contributed by atoms with Crippen molar-refractivity contribution < 1.29 is 19.0 Å². The molecule has 0 aliphatic rings. The van der Waals surface area contributed by atoms with E-state index in [9.17, 15) is 4.79 Å². The lowest BCUT2D eigenvalue weighted by Crippen LogP contribution is -2.35. The molecule has 5 heteroatoms. The topological polar surface area (TPSA) is 48.0 Å². The van der Waals surface area contributed by atoms with Crippen LogP contribution in [-0.2, 0) is 19.0 Å². The van der Waals surface area contributed by atoms with Crippen LogP contribution in [0.15, 0.2) is 0 Å².